The molecule has 0 fully saturated rings. The molecule has 1 N–H and O–H groups in total. The molecule has 0 aliphatic carbocycles. The maximum Gasteiger partial charge on any atom is 0.230 e. The van der Waals surface area contributed by atoms with Gasteiger partial charge in [0, 0.05) is 42.4 Å². The first kappa shape index (κ1) is 28.6. The van der Waals surface area contributed by atoms with E-state index in [9.17, 15) is 0 Å². The Bertz CT molecular complexity index is 1380. The summed E-state index contributed by atoms with van der Waals surface area (Å²) in [4.78, 5) is 14.2. The molecule has 9 heteroatoms. The van der Waals surface area contributed by atoms with Crippen LogP contribution in [0.2, 0.25) is 0 Å². The molecule has 8 nitrogen and oxygen atoms in total. The summed E-state index contributed by atoms with van der Waals surface area (Å²) in [6, 6.07) is 8.72. The first-order valence-corrected chi connectivity index (χ1v) is 13.6. The van der Waals surface area contributed by atoms with Crippen LogP contribution >= 0.6 is 0 Å². The Morgan fingerprint density at radius 2 is 1.87 bits per heavy atom. The fraction of sp³-hybridized carbons (Fsp3) is 0.467. The van der Waals surface area contributed by atoms with E-state index in [-0.39, 0.29) is 11.6 Å². The molecule has 0 aliphatic rings. The summed E-state index contributed by atoms with van der Waals surface area (Å²) in [7, 11) is 1.59. The summed E-state index contributed by atoms with van der Waals surface area (Å²) in [5.74, 6) is 1.57. The molecule has 0 amide bonds. The van der Waals surface area contributed by atoms with Gasteiger partial charge < -0.3 is 28.8 Å². The van der Waals surface area contributed by atoms with Crippen molar-refractivity contribution in [1.82, 2.24) is 19.9 Å². The molecular formula is C30H39FN4O4. The van der Waals surface area contributed by atoms with Crippen LogP contribution in [0.3, 0.4) is 0 Å². The zero-order chi connectivity index (χ0) is 27.8. The van der Waals surface area contributed by atoms with E-state index >= 15 is 4.39 Å². The molecule has 0 aliphatic heterocycles. The Balaban J connectivity index is 1.41. The summed E-state index contributed by atoms with van der Waals surface area (Å²) in [5, 5.41) is 1.07. The van der Waals surface area contributed by atoms with Gasteiger partial charge in [0.25, 0.3) is 0 Å². The van der Waals surface area contributed by atoms with Crippen molar-refractivity contribution in [3.05, 3.63) is 48.2 Å². The Morgan fingerprint density at radius 1 is 1.03 bits per heavy atom. The monoisotopic (exact) mass is 538 g/mol. The van der Waals surface area contributed by atoms with Gasteiger partial charge in [-0.3, -0.25) is 0 Å². The molecule has 0 saturated carbocycles. The number of ether oxygens (including phenoxy) is 4. The van der Waals surface area contributed by atoms with Gasteiger partial charge in [0.2, 0.25) is 5.88 Å². The number of H-pyrrole nitrogens is 1. The second-order valence-electron chi connectivity index (χ2n) is 9.78. The predicted octanol–water partition coefficient (Wildman–Crippen LogP) is 6.51. The SMILES string of the molecule is CCOCC(C)CCN(CC)CCCOc1cc2ncnc(Oc3ccc4[nH]c(C)cc4c3F)c2cc1OC. The lowest BCUT2D eigenvalue weighted by Crippen LogP contribution is -2.28. The van der Waals surface area contributed by atoms with Crippen LogP contribution in [0.5, 0.6) is 23.1 Å². The molecule has 2 aromatic carbocycles. The maximum absolute atomic E-state index is 15.1. The summed E-state index contributed by atoms with van der Waals surface area (Å²) in [6.45, 7) is 13.4. The lowest BCUT2D eigenvalue weighted by atomic mass is 10.1. The van der Waals surface area contributed by atoms with E-state index in [0.29, 0.717) is 45.8 Å². The number of fused-ring (bicyclic) bond motifs is 2. The number of hydrogen-bond donors (Lipinski definition) is 1. The third-order valence-electron chi connectivity index (χ3n) is 6.80. The molecule has 0 spiro atoms. The van der Waals surface area contributed by atoms with Gasteiger partial charge in [0.1, 0.15) is 6.33 Å². The third kappa shape index (κ3) is 7.16. The zero-order valence-electron chi connectivity index (χ0n) is 23.6. The van der Waals surface area contributed by atoms with Gasteiger partial charge in [-0.2, -0.15) is 0 Å². The number of rotatable bonds is 15. The van der Waals surface area contributed by atoms with E-state index in [4.69, 9.17) is 18.9 Å². The van der Waals surface area contributed by atoms with E-state index < -0.39 is 5.82 Å². The Labute approximate surface area is 229 Å². The highest BCUT2D eigenvalue weighted by molar-refractivity contribution is 5.87. The van der Waals surface area contributed by atoms with Crippen molar-refractivity contribution >= 4 is 21.8 Å². The number of aromatic nitrogens is 3. The van der Waals surface area contributed by atoms with Crippen LogP contribution in [0.25, 0.3) is 21.8 Å². The van der Waals surface area contributed by atoms with Crippen molar-refractivity contribution < 1.29 is 23.3 Å². The number of halogens is 1. The largest absolute Gasteiger partial charge is 0.493 e. The highest BCUT2D eigenvalue weighted by Gasteiger charge is 2.17. The van der Waals surface area contributed by atoms with Gasteiger partial charge >= 0.3 is 0 Å². The topological polar surface area (TPSA) is 81.7 Å². The Hall–Kier alpha value is -3.43. The summed E-state index contributed by atoms with van der Waals surface area (Å²) in [5.41, 5.74) is 2.21. The van der Waals surface area contributed by atoms with E-state index in [1.54, 1.807) is 31.4 Å². The van der Waals surface area contributed by atoms with Gasteiger partial charge in [0.15, 0.2) is 23.1 Å². The molecule has 0 bridgehead atoms. The molecule has 0 radical (unpaired) electrons. The first-order valence-electron chi connectivity index (χ1n) is 13.6. The van der Waals surface area contributed by atoms with Crippen molar-refractivity contribution in [2.24, 2.45) is 5.92 Å². The average molecular weight is 539 g/mol. The van der Waals surface area contributed by atoms with Crippen LogP contribution in [-0.4, -0.2) is 66.4 Å². The van der Waals surface area contributed by atoms with Gasteiger partial charge in [-0.05, 0) is 70.0 Å². The van der Waals surface area contributed by atoms with Crippen LogP contribution < -0.4 is 14.2 Å². The fourth-order valence-corrected chi connectivity index (χ4v) is 4.57. The number of benzene rings is 2. The molecular weight excluding hydrogens is 499 g/mol. The molecule has 2 aromatic heterocycles. The van der Waals surface area contributed by atoms with Crippen molar-refractivity contribution in [3.8, 4) is 23.1 Å². The van der Waals surface area contributed by atoms with Crippen LogP contribution in [0.1, 0.15) is 39.3 Å². The quantitative estimate of drug-likeness (QED) is 0.173. The van der Waals surface area contributed by atoms with Crippen LogP contribution in [0.15, 0.2) is 36.7 Å². The lowest BCUT2D eigenvalue weighted by Gasteiger charge is -2.22. The first-order chi connectivity index (χ1) is 18.9. The zero-order valence-corrected chi connectivity index (χ0v) is 23.6. The summed E-state index contributed by atoms with van der Waals surface area (Å²) >= 11 is 0. The molecule has 39 heavy (non-hydrogen) atoms. The molecule has 1 atom stereocenters. The van der Waals surface area contributed by atoms with Gasteiger partial charge in [0.05, 0.1) is 24.6 Å². The van der Waals surface area contributed by atoms with Crippen LogP contribution in [0, 0.1) is 18.7 Å². The third-order valence-corrected chi connectivity index (χ3v) is 6.80. The smallest absolute Gasteiger partial charge is 0.230 e. The predicted molar refractivity (Wildman–Crippen MR) is 152 cm³/mol. The van der Waals surface area contributed by atoms with E-state index in [0.717, 1.165) is 51.4 Å². The minimum atomic E-state index is -0.444. The normalized spacial score (nSPS) is 12.4. The molecule has 210 valence electrons. The molecule has 4 aromatic rings. The second-order valence-corrected chi connectivity index (χ2v) is 9.78. The maximum atomic E-state index is 15.1. The highest BCUT2D eigenvalue weighted by Crippen LogP contribution is 2.37. The van der Waals surface area contributed by atoms with Gasteiger partial charge in [-0.15, -0.1) is 0 Å². The van der Waals surface area contributed by atoms with Crippen molar-refractivity contribution in [2.45, 2.75) is 40.5 Å². The molecule has 4 rings (SSSR count). The Morgan fingerprint density at radius 3 is 2.64 bits per heavy atom. The van der Waals surface area contributed by atoms with E-state index in [1.165, 1.54) is 6.33 Å². The average Bonchev–Trinajstić information content (AvgIpc) is 3.33. The number of nitrogens with zero attached hydrogens (tertiary/aromatic N) is 3. The fourth-order valence-electron chi connectivity index (χ4n) is 4.57. The summed E-state index contributed by atoms with van der Waals surface area (Å²) < 4.78 is 38.3. The highest BCUT2D eigenvalue weighted by atomic mass is 19.1. The minimum absolute atomic E-state index is 0.0913. The summed E-state index contributed by atoms with van der Waals surface area (Å²) in [6.07, 6.45) is 3.39. The van der Waals surface area contributed by atoms with Crippen molar-refractivity contribution in [1.29, 1.82) is 0 Å². The Kier molecular flexibility index (Phi) is 9.95. The minimum Gasteiger partial charge on any atom is -0.493 e. The lowest BCUT2D eigenvalue weighted by molar-refractivity contribution is 0.107. The number of aromatic amines is 1. The number of hydrogen-bond acceptors (Lipinski definition) is 7. The van der Waals surface area contributed by atoms with E-state index in [1.807, 2.05) is 19.9 Å². The van der Waals surface area contributed by atoms with Gasteiger partial charge in [-0.25, -0.2) is 14.4 Å². The van der Waals surface area contributed by atoms with E-state index in [2.05, 4.69) is 33.7 Å². The van der Waals surface area contributed by atoms with Crippen molar-refractivity contribution in [2.75, 3.05) is 46.6 Å². The van der Waals surface area contributed by atoms with Gasteiger partial charge in [-0.1, -0.05) is 13.8 Å². The van der Waals surface area contributed by atoms with Crippen LogP contribution in [-0.2, 0) is 4.74 Å². The molecule has 1 unspecified atom stereocenters. The second kappa shape index (κ2) is 13.6. The standard InChI is InChI=1S/C30H39FN4O4/c1-6-35(13-11-20(3)18-37-7-2)12-8-14-38-28-17-25-23(16-27(28)36-5)30(33-19-32-25)39-26-10-9-24-22(29(26)31)15-21(4)34-24/h9-10,15-17,19-20,34H,6-8,11-14,18H2,1-5H3. The molecule has 0 saturated heterocycles. The van der Waals surface area contributed by atoms with Crippen LogP contribution in [0.4, 0.5) is 4.39 Å². The van der Waals surface area contributed by atoms with Crippen molar-refractivity contribution in [3.63, 3.8) is 0 Å². The number of aryl methyl sites for hydroxylation is 1. The number of nitrogens with one attached hydrogen (secondary N) is 1. The molecule has 2 heterocycles. The number of methoxy groups -OCH3 is 1.